The van der Waals surface area contributed by atoms with Crippen molar-refractivity contribution >= 4 is 17.6 Å². The highest BCUT2D eigenvalue weighted by Gasteiger charge is 2.41. The van der Waals surface area contributed by atoms with Crippen LogP contribution in [0, 0.1) is 18.3 Å². The zero-order chi connectivity index (χ0) is 25.6. The molecule has 1 unspecified atom stereocenters. The maximum atomic E-state index is 13.2. The zero-order valence-electron chi connectivity index (χ0n) is 20.1. The van der Waals surface area contributed by atoms with Crippen LogP contribution in [0.2, 0.25) is 0 Å². The molecule has 9 heteroatoms. The van der Waals surface area contributed by atoms with Crippen LogP contribution in [0.5, 0.6) is 0 Å². The van der Waals surface area contributed by atoms with Crippen molar-refractivity contribution in [3.63, 3.8) is 0 Å². The Morgan fingerprint density at radius 1 is 1.00 bits per heavy atom. The minimum absolute atomic E-state index is 0.111. The van der Waals surface area contributed by atoms with Crippen molar-refractivity contribution in [1.29, 1.82) is 5.26 Å². The number of fused-ring (bicyclic) bond motifs is 1. The zero-order valence-corrected chi connectivity index (χ0v) is 20.1. The Bertz CT molecular complexity index is 1560. The number of rotatable bonds is 4. The molecule has 0 saturated carbocycles. The van der Waals surface area contributed by atoms with Gasteiger partial charge in [0, 0.05) is 26.2 Å². The number of carbonyl (C=O) groups excluding carboxylic acids is 2. The lowest BCUT2D eigenvalue weighted by atomic mass is 10.0. The number of piperidine rings is 1. The highest BCUT2D eigenvalue weighted by molar-refractivity contribution is 6.21. The molecule has 1 saturated heterocycles. The average Bonchev–Trinajstić information content (AvgIpc) is 3.13. The molecule has 2 aliphatic heterocycles. The van der Waals surface area contributed by atoms with E-state index in [2.05, 4.69) is 6.07 Å². The first kappa shape index (κ1) is 23.3. The topological polar surface area (TPSA) is 108 Å². The second kappa shape index (κ2) is 8.96. The van der Waals surface area contributed by atoms with Crippen molar-refractivity contribution in [3.8, 4) is 6.07 Å². The summed E-state index contributed by atoms with van der Waals surface area (Å²) in [6.45, 7) is 2.85. The number of aryl methyl sites for hydroxylation is 1. The molecule has 1 fully saturated rings. The van der Waals surface area contributed by atoms with Gasteiger partial charge in [-0.2, -0.15) is 5.26 Å². The van der Waals surface area contributed by atoms with E-state index in [1.807, 2.05) is 17.9 Å². The van der Waals surface area contributed by atoms with Gasteiger partial charge in [0.1, 0.15) is 5.82 Å². The molecule has 0 radical (unpaired) electrons. The molecule has 2 aliphatic rings. The fourth-order valence-electron chi connectivity index (χ4n) is 5.09. The van der Waals surface area contributed by atoms with E-state index < -0.39 is 17.3 Å². The molecule has 0 N–H and O–H groups in total. The number of hydrogen-bond donors (Lipinski definition) is 0. The van der Waals surface area contributed by atoms with Gasteiger partial charge in [-0.15, -0.1) is 0 Å². The molecule has 2 amide bonds. The van der Waals surface area contributed by atoms with Crippen LogP contribution in [0.15, 0.2) is 58.1 Å². The molecule has 3 aromatic rings. The van der Waals surface area contributed by atoms with E-state index in [9.17, 15) is 24.4 Å². The van der Waals surface area contributed by atoms with E-state index in [1.165, 1.54) is 22.6 Å². The monoisotopic (exact) mass is 483 g/mol. The molecule has 9 nitrogen and oxygen atoms in total. The molecular weight excluding hydrogens is 458 g/mol. The van der Waals surface area contributed by atoms with E-state index in [1.54, 1.807) is 36.4 Å². The van der Waals surface area contributed by atoms with E-state index in [4.69, 9.17) is 0 Å². The summed E-state index contributed by atoms with van der Waals surface area (Å²) < 4.78 is 2.51. The fraction of sp³-hybridized carbons (Fsp3) is 0.296. The number of amides is 2. The predicted octanol–water partition coefficient (Wildman–Crippen LogP) is 2.04. The van der Waals surface area contributed by atoms with Gasteiger partial charge in [-0.1, -0.05) is 29.8 Å². The molecule has 0 bridgehead atoms. The molecule has 2 aromatic carbocycles. The fourth-order valence-corrected chi connectivity index (χ4v) is 5.09. The largest absolute Gasteiger partial charge is 0.356 e. The van der Waals surface area contributed by atoms with Gasteiger partial charge >= 0.3 is 5.69 Å². The van der Waals surface area contributed by atoms with Gasteiger partial charge in [0.2, 0.25) is 0 Å². The van der Waals surface area contributed by atoms with Crippen molar-refractivity contribution in [2.24, 2.45) is 7.05 Å². The Morgan fingerprint density at radius 2 is 1.75 bits per heavy atom. The lowest BCUT2D eigenvalue weighted by Crippen LogP contribution is -2.52. The summed E-state index contributed by atoms with van der Waals surface area (Å²) in [5, 5.41) is 9.51. The van der Waals surface area contributed by atoms with Crippen molar-refractivity contribution < 1.29 is 9.59 Å². The SMILES string of the molecule is Cc1ccc2c(c1)C(=O)N(C1CCCN(c3cc(=O)n(C)c(=O)n3Cc3ccccc3C#N)C1)C2=O. The van der Waals surface area contributed by atoms with Gasteiger partial charge in [-0.3, -0.25) is 28.4 Å². The Balaban J connectivity index is 1.51. The van der Waals surface area contributed by atoms with Crippen LogP contribution < -0.4 is 16.1 Å². The maximum absolute atomic E-state index is 13.2. The smallest absolute Gasteiger partial charge is 0.332 e. The molecule has 36 heavy (non-hydrogen) atoms. The number of nitriles is 1. The molecule has 0 aliphatic carbocycles. The first-order valence-electron chi connectivity index (χ1n) is 11.8. The second-order valence-corrected chi connectivity index (χ2v) is 9.31. The van der Waals surface area contributed by atoms with Crippen molar-refractivity contribution in [2.45, 2.75) is 32.4 Å². The summed E-state index contributed by atoms with van der Waals surface area (Å²) in [5.41, 5.74) is 1.89. The molecule has 3 heterocycles. The number of hydrogen-bond acceptors (Lipinski definition) is 6. The first-order valence-corrected chi connectivity index (χ1v) is 11.8. The molecular formula is C27H25N5O4. The van der Waals surface area contributed by atoms with Crippen LogP contribution >= 0.6 is 0 Å². The van der Waals surface area contributed by atoms with Crippen LogP contribution in [0.25, 0.3) is 0 Å². The third-order valence-corrected chi connectivity index (χ3v) is 7.00. The molecule has 5 rings (SSSR count). The number of carbonyl (C=O) groups is 2. The maximum Gasteiger partial charge on any atom is 0.332 e. The van der Waals surface area contributed by atoms with Gasteiger partial charge in [-0.25, -0.2) is 4.79 Å². The standard InChI is InChI=1S/C27H25N5O4/c1-17-9-10-21-22(12-17)26(35)32(25(21)34)20-8-5-11-30(16-20)23-13-24(33)29(2)27(36)31(23)15-19-7-4-3-6-18(19)14-28/h3-4,6-7,9-10,12-13,20H,5,8,11,15-16H2,1-2H3. The van der Waals surface area contributed by atoms with Crippen molar-refractivity contribution in [1.82, 2.24) is 14.0 Å². The minimum Gasteiger partial charge on any atom is -0.356 e. The highest BCUT2D eigenvalue weighted by atomic mass is 16.2. The van der Waals surface area contributed by atoms with Crippen LogP contribution in [0.3, 0.4) is 0 Å². The Labute approximate surface area is 207 Å². The van der Waals surface area contributed by atoms with E-state index in [0.717, 1.165) is 10.1 Å². The van der Waals surface area contributed by atoms with E-state index in [-0.39, 0.29) is 18.4 Å². The predicted molar refractivity (Wildman–Crippen MR) is 133 cm³/mol. The normalized spacial score (nSPS) is 17.3. The summed E-state index contributed by atoms with van der Waals surface area (Å²) in [4.78, 5) is 55.3. The molecule has 182 valence electrons. The third-order valence-electron chi connectivity index (χ3n) is 7.00. The minimum atomic E-state index is -0.497. The van der Waals surface area contributed by atoms with E-state index >= 15 is 0 Å². The van der Waals surface area contributed by atoms with E-state index in [0.29, 0.717) is 54.0 Å². The molecule has 0 spiro atoms. The number of anilines is 1. The lowest BCUT2D eigenvalue weighted by molar-refractivity contribution is 0.0569. The summed E-state index contributed by atoms with van der Waals surface area (Å²) in [5.74, 6) is -0.214. The van der Waals surface area contributed by atoms with Crippen molar-refractivity contribution in [2.75, 3.05) is 18.0 Å². The number of nitrogens with zero attached hydrogens (tertiary/aromatic N) is 5. The Kier molecular flexibility index (Phi) is 5.80. The van der Waals surface area contributed by atoms with Crippen LogP contribution in [0.4, 0.5) is 5.82 Å². The van der Waals surface area contributed by atoms with Crippen LogP contribution in [0.1, 0.15) is 50.2 Å². The third kappa shape index (κ3) is 3.81. The summed E-state index contributed by atoms with van der Waals surface area (Å²) in [6.07, 6.45) is 1.31. The quantitative estimate of drug-likeness (QED) is 0.526. The number of benzene rings is 2. The van der Waals surface area contributed by atoms with Crippen LogP contribution in [-0.2, 0) is 13.6 Å². The number of imide groups is 1. The summed E-state index contributed by atoms with van der Waals surface area (Å²) in [6, 6.07) is 15.4. The van der Waals surface area contributed by atoms with Gasteiger partial charge in [-0.05, 0) is 43.5 Å². The first-order chi connectivity index (χ1) is 17.3. The summed E-state index contributed by atoms with van der Waals surface area (Å²) in [7, 11) is 1.42. The van der Waals surface area contributed by atoms with Gasteiger partial charge < -0.3 is 4.90 Å². The Morgan fingerprint density at radius 3 is 2.53 bits per heavy atom. The van der Waals surface area contributed by atoms with Crippen LogP contribution in [-0.4, -0.2) is 45.0 Å². The van der Waals surface area contributed by atoms with Gasteiger partial charge in [0.05, 0.1) is 35.3 Å². The lowest BCUT2D eigenvalue weighted by Gasteiger charge is -2.38. The number of aromatic nitrogens is 2. The summed E-state index contributed by atoms with van der Waals surface area (Å²) >= 11 is 0. The van der Waals surface area contributed by atoms with Gasteiger partial charge in [0.25, 0.3) is 17.4 Å². The second-order valence-electron chi connectivity index (χ2n) is 9.31. The Hall–Kier alpha value is -4.45. The molecule has 1 aromatic heterocycles. The highest BCUT2D eigenvalue weighted by Crippen LogP contribution is 2.30. The average molecular weight is 484 g/mol. The van der Waals surface area contributed by atoms with Crippen molar-refractivity contribution in [3.05, 3.63) is 97.2 Å². The van der Waals surface area contributed by atoms with Gasteiger partial charge in [0.15, 0.2) is 0 Å². The molecule has 1 atom stereocenters.